The van der Waals surface area contributed by atoms with E-state index in [4.69, 9.17) is 0 Å². The molecule has 0 bridgehead atoms. The summed E-state index contributed by atoms with van der Waals surface area (Å²) in [5.74, 6) is -0.150. The lowest BCUT2D eigenvalue weighted by molar-refractivity contribution is -0.143. The number of aryl methyl sites for hydroxylation is 1. The second kappa shape index (κ2) is 4.24. The number of nitrogens with one attached hydrogen (secondary N) is 1. The Labute approximate surface area is 83.0 Å². The van der Waals surface area contributed by atoms with E-state index in [1.165, 1.54) is 5.56 Å². The van der Waals surface area contributed by atoms with E-state index < -0.39 is 0 Å². The molecule has 3 nitrogen and oxygen atoms in total. The van der Waals surface area contributed by atoms with Gasteiger partial charge in [0.15, 0.2) is 0 Å². The van der Waals surface area contributed by atoms with Crippen LogP contribution in [0.15, 0.2) is 30.3 Å². The van der Waals surface area contributed by atoms with Crippen LogP contribution in [0.2, 0.25) is 0 Å². The van der Waals surface area contributed by atoms with Gasteiger partial charge in [-0.25, -0.2) is 0 Å². The molecule has 3 heteroatoms. The van der Waals surface area contributed by atoms with Crippen molar-refractivity contribution >= 4 is 5.97 Å². The van der Waals surface area contributed by atoms with E-state index in [0.29, 0.717) is 6.42 Å². The van der Waals surface area contributed by atoms with Gasteiger partial charge in [0.05, 0.1) is 12.5 Å². The molecule has 1 fully saturated rings. The standard InChI is InChI=1S/C11H13NO2/c13-11-8-10(12-14-11)7-6-9-4-2-1-3-5-9/h1-5,10,12H,6-8H2. The van der Waals surface area contributed by atoms with E-state index in [2.05, 4.69) is 22.5 Å². The van der Waals surface area contributed by atoms with Crippen LogP contribution in [0.25, 0.3) is 0 Å². The Morgan fingerprint density at radius 2 is 2.14 bits per heavy atom. The summed E-state index contributed by atoms with van der Waals surface area (Å²) in [6.07, 6.45) is 2.41. The quantitative estimate of drug-likeness (QED) is 0.785. The average Bonchev–Trinajstić information content (AvgIpc) is 2.63. The van der Waals surface area contributed by atoms with Gasteiger partial charge in [0.25, 0.3) is 0 Å². The maximum atomic E-state index is 10.8. The Bertz CT molecular complexity index is 310. The number of hydrogen-bond acceptors (Lipinski definition) is 3. The van der Waals surface area contributed by atoms with E-state index in [-0.39, 0.29) is 12.0 Å². The van der Waals surface area contributed by atoms with Crippen molar-refractivity contribution in [3.8, 4) is 0 Å². The van der Waals surface area contributed by atoms with Gasteiger partial charge in [0.1, 0.15) is 0 Å². The van der Waals surface area contributed by atoms with Crippen molar-refractivity contribution in [3.63, 3.8) is 0 Å². The number of hydroxylamine groups is 1. The normalized spacial score (nSPS) is 20.9. The topological polar surface area (TPSA) is 38.3 Å². The van der Waals surface area contributed by atoms with Gasteiger partial charge in [-0.05, 0) is 18.4 Å². The Kier molecular flexibility index (Phi) is 2.79. The SMILES string of the molecule is O=C1CC(CCc2ccccc2)NO1. The molecule has 1 unspecified atom stereocenters. The van der Waals surface area contributed by atoms with Crippen LogP contribution in [0, 0.1) is 0 Å². The molecule has 2 rings (SSSR count). The highest BCUT2D eigenvalue weighted by Crippen LogP contribution is 2.11. The van der Waals surface area contributed by atoms with Crippen LogP contribution >= 0.6 is 0 Å². The summed E-state index contributed by atoms with van der Waals surface area (Å²) in [5, 5.41) is 0. The molecule has 0 spiro atoms. The minimum atomic E-state index is -0.150. The first-order chi connectivity index (χ1) is 6.84. The summed E-state index contributed by atoms with van der Waals surface area (Å²) in [6, 6.07) is 10.4. The van der Waals surface area contributed by atoms with Crippen molar-refractivity contribution in [1.82, 2.24) is 5.48 Å². The van der Waals surface area contributed by atoms with Crippen molar-refractivity contribution in [2.75, 3.05) is 0 Å². The van der Waals surface area contributed by atoms with Crippen LogP contribution in [0.4, 0.5) is 0 Å². The molecule has 0 saturated carbocycles. The molecule has 0 radical (unpaired) electrons. The van der Waals surface area contributed by atoms with Gasteiger partial charge in [-0.15, -0.1) is 5.48 Å². The van der Waals surface area contributed by atoms with Gasteiger partial charge >= 0.3 is 5.97 Å². The molecule has 0 amide bonds. The van der Waals surface area contributed by atoms with Gasteiger partial charge in [0, 0.05) is 0 Å². The lowest BCUT2D eigenvalue weighted by atomic mass is 10.0. The average molecular weight is 191 g/mol. The van der Waals surface area contributed by atoms with Crippen LogP contribution < -0.4 is 5.48 Å². The Morgan fingerprint density at radius 3 is 2.79 bits per heavy atom. The smallest absolute Gasteiger partial charge is 0.326 e. The second-order valence-corrected chi connectivity index (χ2v) is 3.52. The molecule has 1 aromatic rings. The summed E-state index contributed by atoms with van der Waals surface area (Å²) < 4.78 is 0. The number of carbonyl (C=O) groups excluding carboxylic acids is 1. The molecular weight excluding hydrogens is 178 g/mol. The summed E-state index contributed by atoms with van der Waals surface area (Å²) in [6.45, 7) is 0. The summed E-state index contributed by atoms with van der Waals surface area (Å²) in [5.41, 5.74) is 4.03. The third kappa shape index (κ3) is 2.33. The van der Waals surface area contributed by atoms with Gasteiger partial charge in [-0.2, -0.15) is 0 Å². The first kappa shape index (κ1) is 9.21. The molecule has 1 aliphatic heterocycles. The molecule has 1 saturated heterocycles. The number of hydrogen-bond donors (Lipinski definition) is 1. The van der Waals surface area contributed by atoms with Crippen molar-refractivity contribution < 1.29 is 9.63 Å². The van der Waals surface area contributed by atoms with E-state index in [1.54, 1.807) is 0 Å². The zero-order valence-corrected chi connectivity index (χ0v) is 7.90. The largest absolute Gasteiger partial charge is 0.370 e. The van der Waals surface area contributed by atoms with Crippen LogP contribution in [-0.4, -0.2) is 12.0 Å². The molecule has 1 N–H and O–H groups in total. The fourth-order valence-corrected chi connectivity index (χ4v) is 1.58. The Morgan fingerprint density at radius 1 is 1.36 bits per heavy atom. The van der Waals surface area contributed by atoms with Crippen LogP contribution in [-0.2, 0) is 16.1 Å². The summed E-state index contributed by atoms with van der Waals surface area (Å²) in [7, 11) is 0. The first-order valence-electron chi connectivity index (χ1n) is 4.84. The zero-order valence-electron chi connectivity index (χ0n) is 7.90. The van der Waals surface area contributed by atoms with Crippen molar-refractivity contribution in [1.29, 1.82) is 0 Å². The van der Waals surface area contributed by atoms with Crippen LogP contribution in [0.1, 0.15) is 18.4 Å². The third-order valence-electron chi connectivity index (χ3n) is 2.38. The predicted octanol–water partition coefficient (Wildman–Crippen LogP) is 1.44. The minimum absolute atomic E-state index is 0.150. The molecule has 74 valence electrons. The van der Waals surface area contributed by atoms with Crippen molar-refractivity contribution in [2.24, 2.45) is 0 Å². The van der Waals surface area contributed by atoms with E-state index in [9.17, 15) is 4.79 Å². The predicted molar refractivity (Wildman–Crippen MR) is 52.4 cm³/mol. The molecule has 1 atom stereocenters. The van der Waals surface area contributed by atoms with E-state index in [0.717, 1.165) is 12.8 Å². The number of benzene rings is 1. The van der Waals surface area contributed by atoms with Crippen LogP contribution in [0.3, 0.4) is 0 Å². The molecule has 1 aromatic carbocycles. The highest BCUT2D eigenvalue weighted by molar-refractivity contribution is 5.71. The third-order valence-corrected chi connectivity index (χ3v) is 2.38. The molecule has 14 heavy (non-hydrogen) atoms. The lowest BCUT2D eigenvalue weighted by Gasteiger charge is -2.05. The van der Waals surface area contributed by atoms with Crippen molar-refractivity contribution in [2.45, 2.75) is 25.3 Å². The second-order valence-electron chi connectivity index (χ2n) is 3.52. The van der Waals surface area contributed by atoms with Gasteiger partial charge in [0.2, 0.25) is 0 Å². The van der Waals surface area contributed by atoms with Crippen molar-refractivity contribution in [3.05, 3.63) is 35.9 Å². The van der Waals surface area contributed by atoms with Gasteiger partial charge in [-0.1, -0.05) is 30.3 Å². The highest BCUT2D eigenvalue weighted by atomic mass is 16.7. The maximum absolute atomic E-state index is 10.8. The fourth-order valence-electron chi connectivity index (χ4n) is 1.58. The van der Waals surface area contributed by atoms with Crippen LogP contribution in [0.5, 0.6) is 0 Å². The number of rotatable bonds is 3. The molecule has 1 aliphatic rings. The maximum Gasteiger partial charge on any atom is 0.326 e. The van der Waals surface area contributed by atoms with E-state index in [1.807, 2.05) is 18.2 Å². The fraction of sp³-hybridized carbons (Fsp3) is 0.364. The molecule has 0 aromatic heterocycles. The highest BCUT2D eigenvalue weighted by Gasteiger charge is 2.22. The molecule has 1 heterocycles. The monoisotopic (exact) mass is 191 g/mol. The first-order valence-corrected chi connectivity index (χ1v) is 4.84. The van der Waals surface area contributed by atoms with E-state index >= 15 is 0 Å². The Balaban J connectivity index is 1.80. The number of carbonyl (C=O) groups is 1. The summed E-state index contributed by atoms with van der Waals surface area (Å²) >= 11 is 0. The summed E-state index contributed by atoms with van der Waals surface area (Å²) in [4.78, 5) is 15.4. The molecular formula is C11H13NO2. The minimum Gasteiger partial charge on any atom is -0.370 e. The van der Waals surface area contributed by atoms with Gasteiger partial charge in [-0.3, -0.25) is 4.79 Å². The van der Waals surface area contributed by atoms with Gasteiger partial charge < -0.3 is 4.84 Å². The zero-order chi connectivity index (χ0) is 9.80. The Hall–Kier alpha value is -1.35. The lowest BCUT2D eigenvalue weighted by Crippen LogP contribution is -2.20. The molecule has 0 aliphatic carbocycles.